The summed E-state index contributed by atoms with van der Waals surface area (Å²) in [4.78, 5) is 0. The molecule has 1 aliphatic rings. The summed E-state index contributed by atoms with van der Waals surface area (Å²) in [5.41, 5.74) is 8.27. The third-order valence-electron chi connectivity index (χ3n) is 4.01. The summed E-state index contributed by atoms with van der Waals surface area (Å²) in [6.07, 6.45) is 5.20. The minimum absolute atomic E-state index is 0.480. The van der Waals surface area contributed by atoms with Gasteiger partial charge >= 0.3 is 0 Å². The van der Waals surface area contributed by atoms with Crippen LogP contribution < -0.4 is 11.1 Å². The Hall–Kier alpha value is -1.69. The molecule has 1 aliphatic carbocycles. The van der Waals surface area contributed by atoms with Crippen molar-refractivity contribution in [2.24, 2.45) is 5.41 Å². The third-order valence-corrected chi connectivity index (χ3v) is 4.01. The predicted octanol–water partition coefficient (Wildman–Crippen LogP) is 3.13. The van der Waals surface area contributed by atoms with Gasteiger partial charge in [0.15, 0.2) is 0 Å². The molecule has 3 nitrogen and oxygen atoms in total. The highest BCUT2D eigenvalue weighted by atomic mass is 14.9. The zero-order valence-electron chi connectivity index (χ0n) is 10.3. The molecule has 3 heteroatoms. The molecule has 3 N–H and O–H groups in total. The normalized spacial score (nSPS) is 16.9. The number of anilines is 2. The molecule has 1 saturated carbocycles. The van der Waals surface area contributed by atoms with Crippen molar-refractivity contribution in [3.05, 3.63) is 23.8 Å². The zero-order valence-corrected chi connectivity index (χ0v) is 10.3. The van der Waals surface area contributed by atoms with Gasteiger partial charge in [-0.2, -0.15) is 5.26 Å². The fraction of sp³-hybridized carbons (Fsp3) is 0.500. The average molecular weight is 229 g/mol. The van der Waals surface area contributed by atoms with Crippen molar-refractivity contribution in [3.63, 3.8) is 0 Å². The fourth-order valence-corrected chi connectivity index (χ4v) is 2.38. The first-order chi connectivity index (χ1) is 8.19. The molecular formula is C14H19N3. The van der Waals surface area contributed by atoms with E-state index in [1.165, 1.54) is 25.7 Å². The molecule has 0 amide bonds. The molecular weight excluding hydrogens is 210 g/mol. The molecule has 90 valence electrons. The number of nitrogen functional groups attached to an aromatic ring is 1. The van der Waals surface area contributed by atoms with E-state index in [-0.39, 0.29) is 0 Å². The maximum absolute atomic E-state index is 8.92. The first-order valence-electron chi connectivity index (χ1n) is 6.23. The van der Waals surface area contributed by atoms with Crippen LogP contribution in [0.25, 0.3) is 0 Å². The monoisotopic (exact) mass is 229 g/mol. The fourth-order valence-electron chi connectivity index (χ4n) is 2.38. The summed E-state index contributed by atoms with van der Waals surface area (Å²) in [7, 11) is 0. The van der Waals surface area contributed by atoms with Gasteiger partial charge in [0.05, 0.1) is 5.56 Å². The molecule has 0 aromatic heterocycles. The van der Waals surface area contributed by atoms with Crippen LogP contribution in [0.4, 0.5) is 11.4 Å². The van der Waals surface area contributed by atoms with Gasteiger partial charge in [-0.1, -0.05) is 13.3 Å². The maximum Gasteiger partial charge on any atom is 0.101 e. The highest BCUT2D eigenvalue weighted by molar-refractivity contribution is 5.61. The molecule has 1 aromatic rings. The van der Waals surface area contributed by atoms with Gasteiger partial charge in [0, 0.05) is 17.9 Å². The smallest absolute Gasteiger partial charge is 0.101 e. The van der Waals surface area contributed by atoms with Crippen molar-refractivity contribution in [3.8, 4) is 6.07 Å². The van der Waals surface area contributed by atoms with Crippen LogP contribution in [0.15, 0.2) is 18.2 Å². The Kier molecular flexibility index (Phi) is 3.23. The van der Waals surface area contributed by atoms with Gasteiger partial charge in [0.1, 0.15) is 6.07 Å². The van der Waals surface area contributed by atoms with Crippen LogP contribution in [-0.4, -0.2) is 6.54 Å². The van der Waals surface area contributed by atoms with Crippen LogP contribution >= 0.6 is 0 Å². The van der Waals surface area contributed by atoms with Crippen LogP contribution in [0.1, 0.15) is 38.2 Å². The lowest BCUT2D eigenvalue weighted by atomic mass is 9.67. The highest BCUT2D eigenvalue weighted by Crippen LogP contribution is 2.43. The minimum atomic E-state index is 0.480. The molecule has 0 saturated heterocycles. The van der Waals surface area contributed by atoms with Crippen LogP contribution in [-0.2, 0) is 0 Å². The molecule has 0 radical (unpaired) electrons. The van der Waals surface area contributed by atoms with Crippen molar-refractivity contribution in [1.29, 1.82) is 5.26 Å². The maximum atomic E-state index is 8.92. The van der Waals surface area contributed by atoms with Gasteiger partial charge in [0.25, 0.3) is 0 Å². The second kappa shape index (κ2) is 4.67. The lowest BCUT2D eigenvalue weighted by Gasteiger charge is -2.41. The van der Waals surface area contributed by atoms with Gasteiger partial charge in [-0.3, -0.25) is 0 Å². The Bertz CT molecular complexity index is 436. The summed E-state index contributed by atoms with van der Waals surface area (Å²) < 4.78 is 0. The lowest BCUT2D eigenvalue weighted by Crippen LogP contribution is -2.35. The molecule has 0 spiro atoms. The van der Waals surface area contributed by atoms with Crippen LogP contribution in [0, 0.1) is 16.7 Å². The van der Waals surface area contributed by atoms with Crippen molar-refractivity contribution >= 4 is 11.4 Å². The van der Waals surface area contributed by atoms with Crippen LogP contribution in [0.2, 0.25) is 0 Å². The minimum Gasteiger partial charge on any atom is -0.398 e. The number of nitrogens with zero attached hydrogens (tertiary/aromatic N) is 1. The second-order valence-electron chi connectivity index (χ2n) is 4.97. The van der Waals surface area contributed by atoms with Crippen molar-refractivity contribution in [2.75, 3.05) is 17.6 Å². The molecule has 1 aromatic carbocycles. The first-order valence-corrected chi connectivity index (χ1v) is 6.23. The summed E-state index contributed by atoms with van der Waals surface area (Å²) in [5, 5.41) is 12.4. The third kappa shape index (κ3) is 2.36. The first kappa shape index (κ1) is 11.8. The Morgan fingerprint density at radius 3 is 2.76 bits per heavy atom. The molecule has 0 bridgehead atoms. The number of hydrogen-bond donors (Lipinski definition) is 2. The van der Waals surface area contributed by atoms with E-state index in [9.17, 15) is 0 Å². The molecule has 2 rings (SSSR count). The zero-order chi connectivity index (χ0) is 12.3. The number of nitrogens with two attached hydrogens (primary N) is 1. The van der Waals surface area contributed by atoms with Gasteiger partial charge in [0.2, 0.25) is 0 Å². The number of nitriles is 1. The average Bonchev–Trinajstić information content (AvgIpc) is 2.30. The van der Waals surface area contributed by atoms with E-state index in [2.05, 4.69) is 18.3 Å². The lowest BCUT2D eigenvalue weighted by molar-refractivity contribution is 0.145. The second-order valence-corrected chi connectivity index (χ2v) is 4.97. The van der Waals surface area contributed by atoms with E-state index in [1.54, 1.807) is 6.07 Å². The highest BCUT2D eigenvalue weighted by Gasteiger charge is 2.34. The number of rotatable bonds is 4. The Morgan fingerprint density at radius 2 is 2.24 bits per heavy atom. The predicted molar refractivity (Wildman–Crippen MR) is 70.6 cm³/mol. The Labute approximate surface area is 103 Å². The Balaban J connectivity index is 2.02. The molecule has 1 fully saturated rings. The number of nitrogens with one attached hydrogen (secondary N) is 1. The van der Waals surface area contributed by atoms with E-state index < -0.39 is 0 Å². The summed E-state index contributed by atoms with van der Waals surface area (Å²) in [5.74, 6) is 0. The van der Waals surface area contributed by atoms with Crippen molar-refractivity contribution < 1.29 is 0 Å². The van der Waals surface area contributed by atoms with Gasteiger partial charge < -0.3 is 11.1 Å². The van der Waals surface area contributed by atoms with E-state index in [4.69, 9.17) is 11.0 Å². The topological polar surface area (TPSA) is 61.8 Å². The summed E-state index contributed by atoms with van der Waals surface area (Å²) >= 11 is 0. The van der Waals surface area contributed by atoms with Crippen molar-refractivity contribution in [2.45, 2.75) is 32.6 Å². The van der Waals surface area contributed by atoms with E-state index >= 15 is 0 Å². The quantitative estimate of drug-likeness (QED) is 0.780. The number of benzene rings is 1. The van der Waals surface area contributed by atoms with Crippen LogP contribution in [0.5, 0.6) is 0 Å². The van der Waals surface area contributed by atoms with Gasteiger partial charge in [-0.25, -0.2) is 0 Å². The molecule has 0 atom stereocenters. The van der Waals surface area contributed by atoms with Gasteiger partial charge in [-0.05, 0) is 42.9 Å². The van der Waals surface area contributed by atoms with Crippen molar-refractivity contribution in [1.82, 2.24) is 0 Å². The molecule has 0 aliphatic heterocycles. The van der Waals surface area contributed by atoms with E-state index in [0.717, 1.165) is 12.2 Å². The summed E-state index contributed by atoms with van der Waals surface area (Å²) in [6.45, 7) is 3.25. The standard InChI is InChI=1S/C14H19N3/c1-2-14(6-3-7-14)10-17-12-4-5-13(16)11(8-12)9-15/h4-5,8,17H,2-3,6-7,10,16H2,1H3. The molecule has 0 heterocycles. The Morgan fingerprint density at radius 1 is 1.47 bits per heavy atom. The van der Waals surface area contributed by atoms with E-state index in [0.29, 0.717) is 16.7 Å². The van der Waals surface area contributed by atoms with E-state index in [1.807, 2.05) is 12.1 Å². The van der Waals surface area contributed by atoms with Gasteiger partial charge in [-0.15, -0.1) is 0 Å². The number of hydrogen-bond acceptors (Lipinski definition) is 3. The van der Waals surface area contributed by atoms with Crippen LogP contribution in [0.3, 0.4) is 0 Å². The SMILES string of the molecule is CCC1(CNc2ccc(N)c(C#N)c2)CCC1. The summed E-state index contributed by atoms with van der Waals surface area (Å²) in [6, 6.07) is 7.68. The largest absolute Gasteiger partial charge is 0.398 e. The molecule has 0 unspecified atom stereocenters. The molecule has 17 heavy (non-hydrogen) atoms.